The van der Waals surface area contributed by atoms with E-state index in [4.69, 9.17) is 26.1 Å². The number of morpholine rings is 1. The molecule has 8 heteroatoms. The number of amides is 1. The van der Waals surface area contributed by atoms with E-state index in [1.807, 2.05) is 49.4 Å². The number of para-hydroxylation sites is 1. The van der Waals surface area contributed by atoms with Crippen molar-refractivity contribution >= 4 is 50.3 Å². The predicted molar refractivity (Wildman–Crippen MR) is 131 cm³/mol. The molecule has 1 aromatic heterocycles. The van der Waals surface area contributed by atoms with Crippen LogP contribution in [0, 0.1) is 0 Å². The zero-order valence-corrected chi connectivity index (χ0v) is 19.6. The molecule has 168 valence electrons. The Kier molecular flexibility index (Phi) is 7.76. The van der Waals surface area contributed by atoms with Crippen LogP contribution in [0.3, 0.4) is 0 Å². The summed E-state index contributed by atoms with van der Waals surface area (Å²) < 4.78 is 12.2. The van der Waals surface area contributed by atoms with Crippen molar-refractivity contribution in [1.29, 1.82) is 0 Å². The van der Waals surface area contributed by atoms with Crippen LogP contribution in [0.25, 0.3) is 16.3 Å². The highest BCUT2D eigenvalue weighted by atomic mass is 35.5. The molecular formula is C24H26ClN3O3S. The molecule has 1 aliphatic rings. The zero-order chi connectivity index (χ0) is 22.3. The second kappa shape index (κ2) is 10.9. The number of anilines is 1. The van der Waals surface area contributed by atoms with Gasteiger partial charge in [0.1, 0.15) is 11.3 Å². The standard InChI is InChI=1S/C24H26ClN3O3S/c1-2-31-20-8-5-9-21-23(20)26-24(32-21)28(13-12-27-14-16-30-17-15-27)22(29)11-10-18-6-3-4-7-19(18)25/h3-11H,2,12-17H2,1H3/b11-10+. The molecule has 0 bridgehead atoms. The van der Waals surface area contributed by atoms with Crippen LogP contribution in [0.15, 0.2) is 48.5 Å². The van der Waals surface area contributed by atoms with Crippen LogP contribution in [0.4, 0.5) is 5.13 Å². The molecule has 0 radical (unpaired) electrons. The highest BCUT2D eigenvalue weighted by molar-refractivity contribution is 7.22. The summed E-state index contributed by atoms with van der Waals surface area (Å²) in [5, 5.41) is 1.27. The van der Waals surface area contributed by atoms with Gasteiger partial charge in [-0.05, 0) is 36.8 Å². The first-order valence-corrected chi connectivity index (χ1v) is 11.9. The highest BCUT2D eigenvalue weighted by Crippen LogP contribution is 2.34. The van der Waals surface area contributed by atoms with E-state index >= 15 is 0 Å². The Morgan fingerprint density at radius 1 is 1.25 bits per heavy atom. The van der Waals surface area contributed by atoms with Crippen molar-refractivity contribution in [2.45, 2.75) is 6.92 Å². The van der Waals surface area contributed by atoms with Crippen molar-refractivity contribution in [3.05, 3.63) is 59.1 Å². The van der Waals surface area contributed by atoms with Gasteiger partial charge in [0.15, 0.2) is 5.13 Å². The van der Waals surface area contributed by atoms with E-state index in [1.54, 1.807) is 17.1 Å². The summed E-state index contributed by atoms with van der Waals surface area (Å²) in [7, 11) is 0. The van der Waals surface area contributed by atoms with E-state index in [-0.39, 0.29) is 5.91 Å². The first-order chi connectivity index (χ1) is 15.7. The Morgan fingerprint density at radius 2 is 2.06 bits per heavy atom. The number of hydrogen-bond donors (Lipinski definition) is 0. The molecule has 1 saturated heterocycles. The maximum atomic E-state index is 13.3. The van der Waals surface area contributed by atoms with Gasteiger partial charge in [0.2, 0.25) is 0 Å². The van der Waals surface area contributed by atoms with Gasteiger partial charge >= 0.3 is 0 Å². The van der Waals surface area contributed by atoms with Gasteiger partial charge < -0.3 is 9.47 Å². The number of halogens is 1. The van der Waals surface area contributed by atoms with Crippen LogP contribution in [0.1, 0.15) is 12.5 Å². The molecule has 1 amide bonds. The van der Waals surface area contributed by atoms with Crippen LogP contribution in [0.5, 0.6) is 5.75 Å². The molecule has 6 nitrogen and oxygen atoms in total. The van der Waals surface area contributed by atoms with Gasteiger partial charge in [-0.2, -0.15) is 0 Å². The molecule has 0 atom stereocenters. The second-order valence-electron chi connectivity index (χ2n) is 7.33. The number of aromatic nitrogens is 1. The third kappa shape index (κ3) is 5.48. The maximum absolute atomic E-state index is 13.3. The molecule has 32 heavy (non-hydrogen) atoms. The predicted octanol–water partition coefficient (Wildman–Crippen LogP) is 4.73. The van der Waals surface area contributed by atoms with Gasteiger partial charge in [-0.1, -0.05) is 47.2 Å². The molecule has 2 aromatic carbocycles. The van der Waals surface area contributed by atoms with E-state index in [0.717, 1.165) is 54.4 Å². The summed E-state index contributed by atoms with van der Waals surface area (Å²) in [4.78, 5) is 22.1. The Labute approximate surface area is 197 Å². The van der Waals surface area contributed by atoms with Gasteiger partial charge in [0.05, 0.1) is 24.5 Å². The molecule has 0 N–H and O–H groups in total. The van der Waals surface area contributed by atoms with Crippen molar-refractivity contribution in [1.82, 2.24) is 9.88 Å². The lowest BCUT2D eigenvalue weighted by molar-refractivity contribution is -0.114. The van der Waals surface area contributed by atoms with E-state index < -0.39 is 0 Å². The van der Waals surface area contributed by atoms with Crippen molar-refractivity contribution in [2.24, 2.45) is 0 Å². The minimum absolute atomic E-state index is 0.129. The summed E-state index contributed by atoms with van der Waals surface area (Å²) in [6.07, 6.45) is 3.32. The van der Waals surface area contributed by atoms with E-state index in [2.05, 4.69) is 4.90 Å². The average molecular weight is 472 g/mol. The second-order valence-corrected chi connectivity index (χ2v) is 8.75. The molecule has 1 fully saturated rings. The van der Waals surface area contributed by atoms with Crippen LogP contribution < -0.4 is 9.64 Å². The zero-order valence-electron chi connectivity index (χ0n) is 18.0. The normalized spacial score (nSPS) is 14.8. The Bertz CT molecular complexity index is 1100. The number of rotatable bonds is 8. The van der Waals surface area contributed by atoms with Crippen LogP contribution >= 0.6 is 22.9 Å². The van der Waals surface area contributed by atoms with Gasteiger partial charge in [0, 0.05) is 37.3 Å². The number of nitrogens with zero attached hydrogens (tertiary/aromatic N) is 3. The number of fused-ring (bicyclic) bond motifs is 1. The largest absolute Gasteiger partial charge is 0.492 e. The van der Waals surface area contributed by atoms with Crippen molar-refractivity contribution < 1.29 is 14.3 Å². The van der Waals surface area contributed by atoms with Gasteiger partial charge in [-0.25, -0.2) is 4.98 Å². The lowest BCUT2D eigenvalue weighted by Gasteiger charge is -2.28. The van der Waals surface area contributed by atoms with Gasteiger partial charge in [-0.3, -0.25) is 14.6 Å². The summed E-state index contributed by atoms with van der Waals surface area (Å²) in [6.45, 7) is 6.98. The third-order valence-electron chi connectivity index (χ3n) is 5.22. The molecule has 0 unspecified atom stereocenters. The number of benzene rings is 2. The monoisotopic (exact) mass is 471 g/mol. The Morgan fingerprint density at radius 3 is 2.84 bits per heavy atom. The fraction of sp³-hybridized carbons (Fsp3) is 0.333. The Hall–Kier alpha value is -2.45. The van der Waals surface area contributed by atoms with Crippen molar-refractivity contribution in [3.8, 4) is 5.75 Å². The topological polar surface area (TPSA) is 54.9 Å². The first-order valence-electron chi connectivity index (χ1n) is 10.7. The molecular weight excluding hydrogens is 446 g/mol. The number of hydrogen-bond acceptors (Lipinski definition) is 6. The fourth-order valence-electron chi connectivity index (χ4n) is 3.53. The van der Waals surface area contributed by atoms with Gasteiger partial charge in [-0.15, -0.1) is 0 Å². The van der Waals surface area contributed by atoms with Crippen molar-refractivity contribution in [3.63, 3.8) is 0 Å². The number of ether oxygens (including phenoxy) is 2. The van der Waals surface area contributed by atoms with Gasteiger partial charge in [0.25, 0.3) is 5.91 Å². The van der Waals surface area contributed by atoms with Crippen LogP contribution in [0.2, 0.25) is 5.02 Å². The Balaban J connectivity index is 1.61. The van der Waals surface area contributed by atoms with E-state index in [0.29, 0.717) is 23.3 Å². The number of thiazole rings is 1. The minimum atomic E-state index is -0.129. The number of carbonyl (C=O) groups excluding carboxylic acids is 1. The summed E-state index contributed by atoms with van der Waals surface area (Å²) in [6, 6.07) is 13.3. The molecule has 3 aromatic rings. The smallest absolute Gasteiger partial charge is 0.252 e. The quantitative estimate of drug-likeness (QED) is 0.445. The molecule has 4 rings (SSSR count). The third-order valence-corrected chi connectivity index (χ3v) is 6.61. The number of carbonyl (C=O) groups is 1. The molecule has 1 aliphatic heterocycles. The lowest BCUT2D eigenvalue weighted by atomic mass is 10.2. The molecule has 0 aliphatic carbocycles. The van der Waals surface area contributed by atoms with Crippen molar-refractivity contribution in [2.75, 3.05) is 50.9 Å². The summed E-state index contributed by atoms with van der Waals surface area (Å²) in [5.74, 6) is 0.606. The first kappa shape index (κ1) is 22.7. The molecule has 0 spiro atoms. The molecule has 0 saturated carbocycles. The fourth-order valence-corrected chi connectivity index (χ4v) is 4.74. The highest BCUT2D eigenvalue weighted by Gasteiger charge is 2.21. The maximum Gasteiger partial charge on any atom is 0.252 e. The summed E-state index contributed by atoms with van der Waals surface area (Å²) in [5.41, 5.74) is 1.59. The average Bonchev–Trinajstić information content (AvgIpc) is 3.24. The molecule has 2 heterocycles. The lowest BCUT2D eigenvalue weighted by Crippen LogP contribution is -2.42. The van der Waals surface area contributed by atoms with Crippen LogP contribution in [-0.2, 0) is 9.53 Å². The van der Waals surface area contributed by atoms with E-state index in [1.165, 1.54) is 11.3 Å². The SMILES string of the molecule is CCOc1cccc2sc(N(CCN3CCOCC3)C(=O)/C=C/c3ccccc3Cl)nc12. The summed E-state index contributed by atoms with van der Waals surface area (Å²) >= 11 is 7.74. The van der Waals surface area contributed by atoms with Crippen LogP contribution in [-0.4, -0.2) is 61.8 Å². The minimum Gasteiger partial charge on any atom is -0.492 e. The van der Waals surface area contributed by atoms with E-state index in [9.17, 15) is 4.79 Å².